The normalized spacial score (nSPS) is 15.8. The molecule has 2 heterocycles. The molecule has 0 unspecified atom stereocenters. The van der Waals surface area contributed by atoms with Crippen LogP contribution in [0.3, 0.4) is 0 Å². The zero-order valence-corrected chi connectivity index (χ0v) is 91.7. The van der Waals surface area contributed by atoms with E-state index in [9.17, 15) is 0 Å². The zero-order valence-electron chi connectivity index (χ0n) is 91.7. The van der Waals surface area contributed by atoms with E-state index in [0.29, 0.717) is 114 Å². The van der Waals surface area contributed by atoms with E-state index in [1.54, 1.807) is 9.80 Å². The van der Waals surface area contributed by atoms with Crippen molar-refractivity contribution in [3.8, 4) is 89.8 Å². The highest BCUT2D eigenvalue weighted by Gasteiger charge is 2.45. The van der Waals surface area contributed by atoms with Crippen LogP contribution in [0.1, 0.15) is 422 Å². The number of fused-ring (bicyclic) bond motifs is 2. The highest BCUT2D eigenvalue weighted by Crippen LogP contribution is 2.59. The van der Waals surface area contributed by atoms with Crippen LogP contribution < -0.4 is 9.47 Å². The number of nitrogens with zero attached hydrogens (tertiary/aromatic N) is 2. The quantitative estimate of drug-likeness (QED) is 0.0687. The van der Waals surface area contributed by atoms with E-state index < -0.39 is 0 Å². The Morgan fingerprint density at radius 1 is 0.193 bits per heavy atom. The van der Waals surface area contributed by atoms with Crippen molar-refractivity contribution in [1.29, 1.82) is 0 Å². The van der Waals surface area contributed by atoms with Gasteiger partial charge >= 0.3 is 0 Å². The van der Waals surface area contributed by atoms with Gasteiger partial charge in [-0.1, -0.05) is 409 Å². The molecule has 4 aliphatic rings. The Morgan fingerprint density at radius 3 is 0.579 bits per heavy atom. The Kier molecular flexibility index (Phi) is 24.7. The van der Waals surface area contributed by atoms with Crippen LogP contribution in [0.15, 0.2) is 170 Å². The minimum Gasteiger partial charge on any atom is -0.455 e. The first-order valence-corrected chi connectivity index (χ1v) is 52.4. The lowest BCUT2D eigenvalue weighted by molar-refractivity contribution is 0.0487. The van der Waals surface area contributed by atoms with Gasteiger partial charge in [0.1, 0.15) is 23.0 Å². The molecule has 2 saturated carbocycles. The fourth-order valence-electron chi connectivity index (χ4n) is 21.7. The van der Waals surface area contributed by atoms with Crippen LogP contribution in [0.25, 0.3) is 110 Å². The molecule has 0 aromatic heterocycles. The fourth-order valence-corrected chi connectivity index (χ4v) is 21.7. The van der Waals surface area contributed by atoms with Crippen LogP contribution in [0.2, 0.25) is 0 Å². The molecule has 13 aromatic carbocycles. The summed E-state index contributed by atoms with van der Waals surface area (Å²) in [6.45, 7) is 83.0. The molecule has 17 rings (SSSR count). The van der Waals surface area contributed by atoms with Gasteiger partial charge in [0.2, 0.25) is 0 Å². The standard InChI is InChI=1S/C132H158N2O6/c1-121(2,3)83-51-75(52-84(67-83)122(4,5)6)77-63-101(79-55-87(125(13,14)15)69-88(56-79)126(16,17)18)115(102(64-77)80-57-89(127(19,20)21)70-90(58-80)128(22,23)24)139-107-73-105-109-99(117(135)133(119(105)137)95-43-39-37-40-44-95)50-48-98-112-108(74-106-110-100(49-47-97(114(110)112)111(107)113(98)109)118(136)134(120(106)138)96-45-41-38-42-46-96)140-116-103(81-59-91(129(25,26)27)71-92(60-81)130(28,29)30)65-78(76-53-85(123(7,8)9)68-86(54-76)124(10,11)12)66-104(116)82-61-93(131(31,32)33)72-94(62-82)132(34,35)36/h47-74,95-96H,37-46H2,1-36H3. The van der Waals surface area contributed by atoms with Crippen LogP contribution in [0.4, 0.5) is 0 Å². The summed E-state index contributed by atoms with van der Waals surface area (Å²) < 4.78 is 17.4. The summed E-state index contributed by atoms with van der Waals surface area (Å²) in [5.74, 6) is 0.573. The van der Waals surface area contributed by atoms with Crippen molar-refractivity contribution in [2.45, 2.75) is 391 Å². The van der Waals surface area contributed by atoms with E-state index in [4.69, 9.17) is 9.47 Å². The van der Waals surface area contributed by atoms with Crippen molar-refractivity contribution in [3.05, 3.63) is 259 Å². The average Bonchev–Trinajstić information content (AvgIpc) is 0.675. The lowest BCUT2D eigenvalue weighted by Crippen LogP contribution is -2.48. The minimum atomic E-state index is -0.365. The Morgan fingerprint density at radius 2 is 0.379 bits per heavy atom. The van der Waals surface area contributed by atoms with E-state index in [-0.39, 0.29) is 101 Å². The number of carbonyl (C=O) groups is 4. The van der Waals surface area contributed by atoms with Gasteiger partial charge in [0.05, 0.1) is 11.1 Å². The maximum absolute atomic E-state index is 17.2. The maximum atomic E-state index is 17.2. The highest BCUT2D eigenvalue weighted by molar-refractivity contribution is 6.43. The topological polar surface area (TPSA) is 93.2 Å². The minimum absolute atomic E-state index is 0.219. The summed E-state index contributed by atoms with van der Waals surface area (Å²) in [4.78, 5) is 70.6. The summed E-state index contributed by atoms with van der Waals surface area (Å²) in [6.07, 6.45) is 8.37. The van der Waals surface area contributed by atoms with Crippen molar-refractivity contribution in [1.82, 2.24) is 9.80 Å². The molecule has 0 atom stereocenters. The van der Waals surface area contributed by atoms with E-state index in [0.717, 1.165) is 105 Å². The van der Waals surface area contributed by atoms with Crippen molar-refractivity contribution >= 4 is 66.7 Å². The number of ether oxygens (including phenoxy) is 2. The second-order valence-electron chi connectivity index (χ2n) is 54.8. The smallest absolute Gasteiger partial charge is 0.261 e. The van der Waals surface area contributed by atoms with Crippen LogP contribution in [-0.4, -0.2) is 45.5 Å². The third-order valence-corrected chi connectivity index (χ3v) is 31.2. The molecule has 140 heavy (non-hydrogen) atoms. The molecule has 2 aliphatic heterocycles. The number of imide groups is 2. The lowest BCUT2D eigenvalue weighted by atomic mass is 9.77. The molecule has 0 spiro atoms. The summed E-state index contributed by atoms with van der Waals surface area (Å²) >= 11 is 0. The first-order chi connectivity index (χ1) is 64.6. The predicted octanol–water partition coefficient (Wildman–Crippen LogP) is 36.8. The molecule has 2 aliphatic carbocycles. The number of carbonyl (C=O) groups excluding carboxylic acids is 4. The Labute approximate surface area is 838 Å². The zero-order chi connectivity index (χ0) is 102. The lowest BCUT2D eigenvalue weighted by Gasteiger charge is -2.37. The third-order valence-electron chi connectivity index (χ3n) is 31.2. The highest BCUT2D eigenvalue weighted by atomic mass is 16.5. The monoisotopic (exact) mass is 1870 g/mol. The SMILES string of the molecule is CC(C)(C)c1cc(-c2cc(-c3cc(C(C)(C)C)cc(C(C)(C)C)c3)c(Oc3cc4c5c(ccc6c7c(Oc8c(-c9cc(C(C)(C)C)cc(C(C)(C)C)c9)cc(-c9cc(C(C)(C)C)cc(C(C)(C)C)c9)cc8-c8cc(C(C)(C)C)cc(C(C)(C)C)c8)cc8c9c(ccc(c3c56)c97)C(=O)N(C3CCCCC3)C8=O)C(=O)N(C3CCCCC3)C4=O)c(-c3cc(C(C)(C)C)cc(C(C)(C)C)c3)c2)cc(C(C)(C)C)c1. The van der Waals surface area contributed by atoms with Gasteiger partial charge in [-0.2, -0.15) is 0 Å². The van der Waals surface area contributed by atoms with E-state index in [1.807, 2.05) is 24.3 Å². The molecule has 4 amide bonds. The largest absolute Gasteiger partial charge is 0.455 e. The maximum Gasteiger partial charge on any atom is 0.261 e. The second-order valence-corrected chi connectivity index (χ2v) is 54.8. The molecule has 732 valence electrons. The molecular formula is C132H158N2O6. The molecule has 8 nitrogen and oxygen atoms in total. The molecule has 0 saturated heterocycles. The third kappa shape index (κ3) is 18.9. The Hall–Kier alpha value is -11.0. The van der Waals surface area contributed by atoms with Gasteiger partial charge in [0, 0.05) is 77.8 Å². The van der Waals surface area contributed by atoms with Gasteiger partial charge in [0.25, 0.3) is 23.6 Å². The number of hydrogen-bond donors (Lipinski definition) is 0. The summed E-state index contributed by atoms with van der Waals surface area (Å²) in [6, 6.07) is 64.0. The Bertz CT molecular complexity index is 6410. The molecule has 0 bridgehead atoms. The van der Waals surface area contributed by atoms with Gasteiger partial charge in [0.15, 0.2) is 0 Å². The molecule has 8 heteroatoms. The van der Waals surface area contributed by atoms with E-state index in [2.05, 4.69) is 395 Å². The van der Waals surface area contributed by atoms with Crippen molar-refractivity contribution in [2.75, 3.05) is 0 Å². The van der Waals surface area contributed by atoms with Crippen LogP contribution >= 0.6 is 0 Å². The van der Waals surface area contributed by atoms with Gasteiger partial charge in [-0.25, -0.2) is 0 Å². The fraction of sp³-hybridized carbons (Fsp3) is 0.455. The van der Waals surface area contributed by atoms with Crippen molar-refractivity contribution < 1.29 is 28.7 Å². The predicted molar refractivity (Wildman–Crippen MR) is 592 cm³/mol. The van der Waals surface area contributed by atoms with Gasteiger partial charge in [-0.05, 0) is 261 Å². The summed E-state index contributed by atoms with van der Waals surface area (Å²) in [5, 5.41) is 4.95. The Balaban J connectivity index is 1.09. The van der Waals surface area contributed by atoms with Crippen LogP contribution in [-0.2, 0) is 65.0 Å². The average molecular weight is 1870 g/mol. The first kappa shape index (κ1) is 101. The van der Waals surface area contributed by atoms with Gasteiger partial charge in [-0.3, -0.25) is 29.0 Å². The first-order valence-electron chi connectivity index (χ1n) is 52.4. The van der Waals surface area contributed by atoms with E-state index in [1.165, 1.54) is 66.8 Å². The van der Waals surface area contributed by atoms with Crippen LogP contribution in [0.5, 0.6) is 23.0 Å². The molecule has 2 fully saturated rings. The second kappa shape index (κ2) is 34.4. The van der Waals surface area contributed by atoms with Gasteiger partial charge < -0.3 is 9.47 Å². The van der Waals surface area contributed by atoms with Crippen molar-refractivity contribution in [2.24, 2.45) is 0 Å². The van der Waals surface area contributed by atoms with Crippen molar-refractivity contribution in [3.63, 3.8) is 0 Å². The summed E-state index contributed by atoms with van der Waals surface area (Å²) in [5.41, 5.74) is 24.0. The molecule has 13 aromatic rings. The summed E-state index contributed by atoms with van der Waals surface area (Å²) in [7, 11) is 0. The van der Waals surface area contributed by atoms with Gasteiger partial charge in [-0.15, -0.1) is 0 Å². The number of hydrogen-bond acceptors (Lipinski definition) is 6. The number of amides is 4. The molecule has 0 N–H and O–H groups in total. The molecule has 0 radical (unpaired) electrons. The molecular weight excluding hydrogens is 1710 g/mol. The van der Waals surface area contributed by atoms with Crippen LogP contribution in [0, 0.1) is 0 Å². The number of rotatable bonds is 12. The van der Waals surface area contributed by atoms with E-state index >= 15 is 19.2 Å². The number of benzene rings is 13.